The zero-order valence-electron chi connectivity index (χ0n) is 14.4. The van der Waals surface area contributed by atoms with E-state index in [1.165, 1.54) is 0 Å². The van der Waals surface area contributed by atoms with Crippen molar-refractivity contribution in [2.75, 3.05) is 76.6 Å². The molecule has 1 aromatic rings. The van der Waals surface area contributed by atoms with E-state index in [-0.39, 0.29) is 13.2 Å². The van der Waals surface area contributed by atoms with Gasteiger partial charge in [-0.25, -0.2) is 0 Å². The third-order valence-electron chi connectivity index (χ3n) is 3.47. The van der Waals surface area contributed by atoms with Crippen LogP contribution in [0.4, 0.5) is 11.4 Å². The minimum atomic E-state index is 0.0257. The van der Waals surface area contributed by atoms with Gasteiger partial charge in [-0.2, -0.15) is 0 Å². The van der Waals surface area contributed by atoms with Gasteiger partial charge in [-0.3, -0.25) is 0 Å². The fourth-order valence-corrected chi connectivity index (χ4v) is 2.13. The van der Waals surface area contributed by atoms with Gasteiger partial charge in [-0.1, -0.05) is 0 Å². The van der Waals surface area contributed by atoms with Crippen molar-refractivity contribution >= 4 is 11.4 Å². The lowest BCUT2D eigenvalue weighted by Gasteiger charge is -2.25. The third-order valence-corrected chi connectivity index (χ3v) is 3.47. The molecule has 0 radical (unpaired) electrons. The number of benzene rings is 1. The molecule has 0 aromatic heterocycles. The summed E-state index contributed by atoms with van der Waals surface area (Å²) in [5, 5.41) is 17.4. The SMILES string of the molecule is Cc1cc(N(CCOCCO)CCOCCOCCO)ccc1N. The number of hydrogen-bond donors (Lipinski definition) is 3. The smallest absolute Gasteiger partial charge is 0.0701 e. The predicted octanol–water partition coefficient (Wildman–Crippen LogP) is 0.418. The van der Waals surface area contributed by atoms with Crippen LogP contribution in [0.1, 0.15) is 5.56 Å². The van der Waals surface area contributed by atoms with Crippen molar-refractivity contribution in [2.24, 2.45) is 0 Å². The summed E-state index contributed by atoms with van der Waals surface area (Å²) in [5.41, 5.74) is 8.75. The number of rotatable bonds is 14. The van der Waals surface area contributed by atoms with Gasteiger partial charge in [-0.15, -0.1) is 0 Å². The first-order valence-corrected chi connectivity index (χ1v) is 8.25. The Bertz CT molecular complexity index is 445. The summed E-state index contributed by atoms with van der Waals surface area (Å²) in [5.74, 6) is 0. The molecular formula is C17H30N2O5. The minimum absolute atomic E-state index is 0.0257. The Hall–Kier alpha value is -1.38. The van der Waals surface area contributed by atoms with Crippen LogP contribution < -0.4 is 10.6 Å². The van der Waals surface area contributed by atoms with Crippen molar-refractivity contribution < 1.29 is 24.4 Å². The van der Waals surface area contributed by atoms with Crippen LogP contribution in [-0.2, 0) is 14.2 Å². The first-order valence-electron chi connectivity index (χ1n) is 8.25. The summed E-state index contributed by atoms with van der Waals surface area (Å²) in [6, 6.07) is 5.93. The lowest BCUT2D eigenvalue weighted by Crippen LogP contribution is -2.31. The number of hydrogen-bond acceptors (Lipinski definition) is 7. The van der Waals surface area contributed by atoms with E-state index in [0.717, 1.165) is 16.9 Å². The third kappa shape index (κ3) is 8.47. The second kappa shape index (κ2) is 13.0. The summed E-state index contributed by atoms with van der Waals surface area (Å²) in [7, 11) is 0. The molecule has 1 aromatic carbocycles. The van der Waals surface area contributed by atoms with E-state index in [1.807, 2.05) is 25.1 Å². The highest BCUT2D eigenvalue weighted by atomic mass is 16.5. The molecule has 0 heterocycles. The quantitative estimate of drug-likeness (QED) is 0.333. The fraction of sp³-hybridized carbons (Fsp3) is 0.647. The average molecular weight is 342 g/mol. The molecule has 0 bridgehead atoms. The maximum absolute atomic E-state index is 8.78. The van der Waals surface area contributed by atoms with Gasteiger partial charge < -0.3 is 35.1 Å². The van der Waals surface area contributed by atoms with Crippen LogP contribution in [0, 0.1) is 6.92 Å². The zero-order valence-corrected chi connectivity index (χ0v) is 14.4. The van der Waals surface area contributed by atoms with E-state index in [4.69, 9.17) is 30.2 Å². The van der Waals surface area contributed by atoms with Crippen molar-refractivity contribution in [3.8, 4) is 0 Å². The van der Waals surface area contributed by atoms with E-state index in [1.54, 1.807) is 0 Å². The zero-order chi connectivity index (χ0) is 17.6. The molecule has 0 aliphatic carbocycles. The molecule has 0 amide bonds. The number of aryl methyl sites for hydroxylation is 1. The van der Waals surface area contributed by atoms with Crippen LogP contribution in [0.5, 0.6) is 0 Å². The molecule has 0 saturated heterocycles. The van der Waals surface area contributed by atoms with Crippen LogP contribution in [0.3, 0.4) is 0 Å². The van der Waals surface area contributed by atoms with Crippen LogP contribution in [0.25, 0.3) is 0 Å². The monoisotopic (exact) mass is 342 g/mol. The van der Waals surface area contributed by atoms with Crippen LogP contribution in [-0.4, -0.2) is 76.2 Å². The summed E-state index contributed by atoms with van der Waals surface area (Å²) in [6.45, 7) is 6.19. The van der Waals surface area contributed by atoms with E-state index in [9.17, 15) is 0 Å². The van der Waals surface area contributed by atoms with Gasteiger partial charge >= 0.3 is 0 Å². The Morgan fingerprint density at radius 2 is 1.42 bits per heavy atom. The number of aliphatic hydroxyl groups is 2. The normalized spacial score (nSPS) is 11.0. The molecular weight excluding hydrogens is 312 g/mol. The molecule has 24 heavy (non-hydrogen) atoms. The lowest BCUT2D eigenvalue weighted by molar-refractivity contribution is 0.0347. The summed E-state index contributed by atoms with van der Waals surface area (Å²) in [4.78, 5) is 2.17. The van der Waals surface area contributed by atoms with Gasteiger partial charge in [0.15, 0.2) is 0 Å². The number of nitrogens with two attached hydrogens (primary N) is 1. The molecule has 0 spiro atoms. The second-order valence-corrected chi connectivity index (χ2v) is 5.31. The number of nitrogens with zero attached hydrogens (tertiary/aromatic N) is 1. The molecule has 4 N–H and O–H groups in total. The maximum Gasteiger partial charge on any atom is 0.0701 e. The largest absolute Gasteiger partial charge is 0.399 e. The molecule has 1 rings (SSSR count). The predicted molar refractivity (Wildman–Crippen MR) is 94.4 cm³/mol. The standard InChI is InChI=1S/C17H30N2O5/c1-15-14-16(2-3-17(15)18)19(4-8-22-10-6-20)5-9-23-12-13-24-11-7-21/h2-3,14,20-21H,4-13,18H2,1H3. The number of ether oxygens (including phenoxy) is 3. The van der Waals surface area contributed by atoms with E-state index >= 15 is 0 Å². The Balaban J connectivity index is 2.44. The first kappa shape index (κ1) is 20.7. The lowest BCUT2D eigenvalue weighted by atomic mass is 10.1. The molecule has 7 heteroatoms. The molecule has 0 saturated carbocycles. The highest BCUT2D eigenvalue weighted by Gasteiger charge is 2.08. The van der Waals surface area contributed by atoms with Gasteiger partial charge in [-0.05, 0) is 30.7 Å². The topological polar surface area (TPSA) is 97.4 Å². The number of anilines is 2. The van der Waals surface area contributed by atoms with Gasteiger partial charge in [0.05, 0.1) is 52.9 Å². The number of aliphatic hydroxyl groups excluding tert-OH is 2. The fourth-order valence-electron chi connectivity index (χ4n) is 2.13. The minimum Gasteiger partial charge on any atom is -0.399 e. The van der Waals surface area contributed by atoms with Gasteiger partial charge in [0, 0.05) is 24.5 Å². The van der Waals surface area contributed by atoms with Crippen molar-refractivity contribution in [1.82, 2.24) is 0 Å². The summed E-state index contributed by atoms with van der Waals surface area (Å²) >= 11 is 0. The van der Waals surface area contributed by atoms with Crippen molar-refractivity contribution in [1.29, 1.82) is 0 Å². The summed E-state index contributed by atoms with van der Waals surface area (Å²) < 4.78 is 16.1. The van der Waals surface area contributed by atoms with Gasteiger partial charge in [0.25, 0.3) is 0 Å². The maximum atomic E-state index is 8.78. The molecule has 0 aliphatic rings. The Kier molecular flexibility index (Phi) is 11.2. The van der Waals surface area contributed by atoms with E-state index in [0.29, 0.717) is 52.7 Å². The molecule has 0 fully saturated rings. The van der Waals surface area contributed by atoms with Crippen molar-refractivity contribution in [3.63, 3.8) is 0 Å². The Morgan fingerprint density at radius 3 is 1.96 bits per heavy atom. The highest BCUT2D eigenvalue weighted by molar-refractivity contribution is 5.58. The van der Waals surface area contributed by atoms with Crippen LogP contribution in [0.2, 0.25) is 0 Å². The van der Waals surface area contributed by atoms with E-state index in [2.05, 4.69) is 4.90 Å². The van der Waals surface area contributed by atoms with Crippen molar-refractivity contribution in [2.45, 2.75) is 6.92 Å². The molecule has 0 atom stereocenters. The van der Waals surface area contributed by atoms with Crippen LogP contribution in [0.15, 0.2) is 18.2 Å². The molecule has 7 nitrogen and oxygen atoms in total. The molecule has 0 aliphatic heterocycles. The number of nitrogen functional groups attached to an aromatic ring is 1. The molecule has 138 valence electrons. The summed E-state index contributed by atoms with van der Waals surface area (Å²) in [6.07, 6.45) is 0. The van der Waals surface area contributed by atoms with Crippen molar-refractivity contribution in [3.05, 3.63) is 23.8 Å². The average Bonchev–Trinajstić information content (AvgIpc) is 2.58. The van der Waals surface area contributed by atoms with Crippen LogP contribution >= 0.6 is 0 Å². The second-order valence-electron chi connectivity index (χ2n) is 5.31. The van der Waals surface area contributed by atoms with Gasteiger partial charge in [0.2, 0.25) is 0 Å². The Labute approximate surface area is 143 Å². The van der Waals surface area contributed by atoms with E-state index < -0.39 is 0 Å². The first-order chi connectivity index (χ1) is 11.7. The highest BCUT2D eigenvalue weighted by Crippen LogP contribution is 2.20. The van der Waals surface area contributed by atoms with Gasteiger partial charge in [0.1, 0.15) is 0 Å². The molecule has 0 unspecified atom stereocenters. The Morgan fingerprint density at radius 1 is 0.875 bits per heavy atom.